The highest BCUT2D eigenvalue weighted by molar-refractivity contribution is 5.92. The molecule has 1 aliphatic rings. The van der Waals surface area contributed by atoms with E-state index >= 15 is 0 Å². The number of hydrogen-bond acceptors (Lipinski definition) is 4. The Bertz CT molecular complexity index is 1030. The van der Waals surface area contributed by atoms with Crippen molar-refractivity contribution < 1.29 is 9.18 Å². The molecule has 0 atom stereocenters. The fraction of sp³-hybridized carbons (Fsp3) is 0.320. The summed E-state index contributed by atoms with van der Waals surface area (Å²) in [5.41, 5.74) is 3.71. The first-order valence-corrected chi connectivity index (χ1v) is 10.7. The molecule has 2 heterocycles. The maximum Gasteiger partial charge on any atom is 0.227 e. The number of hydrogen-bond donors (Lipinski definition) is 1. The standard InChI is InChI=1S/C25H27FN4O/c1-17(2)18-5-9-22(10-6-18)29-25(31)20-11-13-30(14-12-20)24-15-23(27-16-28-24)19-3-7-21(26)8-4-19/h3-10,15-17,20H,11-14H2,1-2H3,(H,29,31). The lowest BCUT2D eigenvalue weighted by atomic mass is 9.95. The summed E-state index contributed by atoms with van der Waals surface area (Å²) in [7, 11) is 0. The van der Waals surface area contributed by atoms with Gasteiger partial charge >= 0.3 is 0 Å². The second-order valence-corrected chi connectivity index (χ2v) is 8.30. The number of aromatic nitrogens is 2. The first-order chi connectivity index (χ1) is 15.0. The minimum absolute atomic E-state index is 0.0144. The smallest absolute Gasteiger partial charge is 0.227 e. The van der Waals surface area contributed by atoms with Crippen molar-refractivity contribution in [3.05, 3.63) is 72.3 Å². The fourth-order valence-corrected chi connectivity index (χ4v) is 3.86. The van der Waals surface area contributed by atoms with Gasteiger partial charge in [0, 0.05) is 36.3 Å². The summed E-state index contributed by atoms with van der Waals surface area (Å²) in [5.74, 6) is 1.09. The molecule has 2 aromatic carbocycles. The van der Waals surface area contributed by atoms with Crippen LogP contribution in [0.25, 0.3) is 11.3 Å². The summed E-state index contributed by atoms with van der Waals surface area (Å²) in [6.07, 6.45) is 3.07. The van der Waals surface area contributed by atoms with E-state index in [9.17, 15) is 9.18 Å². The second kappa shape index (κ2) is 9.25. The highest BCUT2D eigenvalue weighted by atomic mass is 19.1. The van der Waals surface area contributed by atoms with E-state index in [1.165, 1.54) is 24.0 Å². The van der Waals surface area contributed by atoms with Gasteiger partial charge in [0.05, 0.1) is 5.69 Å². The third-order valence-corrected chi connectivity index (χ3v) is 5.83. The zero-order valence-corrected chi connectivity index (χ0v) is 17.9. The van der Waals surface area contributed by atoms with Crippen molar-refractivity contribution in [1.29, 1.82) is 0 Å². The average Bonchev–Trinajstić information content (AvgIpc) is 2.80. The van der Waals surface area contributed by atoms with E-state index < -0.39 is 0 Å². The molecule has 0 aliphatic carbocycles. The monoisotopic (exact) mass is 418 g/mol. The van der Waals surface area contributed by atoms with Crippen LogP contribution in [0.4, 0.5) is 15.9 Å². The van der Waals surface area contributed by atoms with Gasteiger partial charge in [0.25, 0.3) is 0 Å². The molecule has 6 heteroatoms. The quantitative estimate of drug-likeness (QED) is 0.614. The number of carbonyl (C=O) groups is 1. The van der Waals surface area contributed by atoms with Crippen molar-refractivity contribution in [2.75, 3.05) is 23.3 Å². The van der Waals surface area contributed by atoms with Crippen LogP contribution < -0.4 is 10.2 Å². The van der Waals surface area contributed by atoms with E-state index in [-0.39, 0.29) is 17.6 Å². The van der Waals surface area contributed by atoms with E-state index in [0.717, 1.165) is 48.7 Å². The Kier molecular flexibility index (Phi) is 6.26. The molecule has 1 aromatic heterocycles. The van der Waals surface area contributed by atoms with Gasteiger partial charge in [-0.3, -0.25) is 4.79 Å². The summed E-state index contributed by atoms with van der Waals surface area (Å²) in [4.78, 5) is 23.6. The lowest BCUT2D eigenvalue weighted by Gasteiger charge is -2.32. The van der Waals surface area contributed by atoms with Crippen LogP contribution >= 0.6 is 0 Å². The topological polar surface area (TPSA) is 58.1 Å². The Hall–Kier alpha value is -3.28. The van der Waals surface area contributed by atoms with Gasteiger partial charge in [-0.2, -0.15) is 0 Å². The third-order valence-electron chi connectivity index (χ3n) is 5.83. The van der Waals surface area contributed by atoms with Crippen molar-refractivity contribution in [3.8, 4) is 11.3 Å². The number of anilines is 2. The minimum atomic E-state index is -0.269. The number of piperidine rings is 1. The van der Waals surface area contributed by atoms with E-state index in [2.05, 4.69) is 46.2 Å². The van der Waals surface area contributed by atoms with Crippen LogP contribution in [0.2, 0.25) is 0 Å². The maximum atomic E-state index is 13.2. The molecule has 0 saturated carbocycles. The van der Waals surface area contributed by atoms with Crippen molar-refractivity contribution in [3.63, 3.8) is 0 Å². The molecule has 3 aromatic rings. The molecule has 0 radical (unpaired) electrons. The minimum Gasteiger partial charge on any atom is -0.356 e. The molecule has 1 saturated heterocycles. The Morgan fingerprint density at radius 2 is 1.71 bits per heavy atom. The number of amides is 1. The van der Waals surface area contributed by atoms with Crippen molar-refractivity contribution >= 4 is 17.4 Å². The molecule has 0 unspecified atom stereocenters. The number of nitrogens with one attached hydrogen (secondary N) is 1. The summed E-state index contributed by atoms with van der Waals surface area (Å²) >= 11 is 0. The molecule has 0 bridgehead atoms. The number of carbonyl (C=O) groups excluding carboxylic acids is 1. The number of rotatable bonds is 5. The number of benzene rings is 2. The molecule has 1 aliphatic heterocycles. The fourth-order valence-electron chi connectivity index (χ4n) is 3.86. The number of nitrogens with zero attached hydrogens (tertiary/aromatic N) is 3. The van der Waals surface area contributed by atoms with Crippen LogP contribution in [-0.2, 0) is 4.79 Å². The summed E-state index contributed by atoms with van der Waals surface area (Å²) in [6.45, 7) is 5.82. The second-order valence-electron chi connectivity index (χ2n) is 8.30. The molecular weight excluding hydrogens is 391 g/mol. The van der Waals surface area contributed by atoms with Crippen LogP contribution in [0.15, 0.2) is 60.9 Å². The van der Waals surface area contributed by atoms with Crippen LogP contribution in [-0.4, -0.2) is 29.0 Å². The van der Waals surface area contributed by atoms with Gasteiger partial charge in [-0.25, -0.2) is 14.4 Å². The van der Waals surface area contributed by atoms with E-state index in [4.69, 9.17) is 0 Å². The van der Waals surface area contributed by atoms with Gasteiger partial charge in [0.15, 0.2) is 0 Å². The Morgan fingerprint density at radius 3 is 2.35 bits per heavy atom. The average molecular weight is 419 g/mol. The largest absolute Gasteiger partial charge is 0.356 e. The van der Waals surface area contributed by atoms with E-state index in [1.807, 2.05) is 18.2 Å². The van der Waals surface area contributed by atoms with Crippen LogP contribution in [0.3, 0.4) is 0 Å². The highest BCUT2D eigenvalue weighted by Gasteiger charge is 2.26. The Labute approximate surface area is 182 Å². The predicted molar refractivity (Wildman–Crippen MR) is 122 cm³/mol. The van der Waals surface area contributed by atoms with Crippen molar-refractivity contribution in [2.24, 2.45) is 5.92 Å². The van der Waals surface area contributed by atoms with Gasteiger partial charge in [-0.1, -0.05) is 26.0 Å². The summed E-state index contributed by atoms with van der Waals surface area (Å²) in [6, 6.07) is 16.3. The Morgan fingerprint density at radius 1 is 1.03 bits per heavy atom. The van der Waals surface area contributed by atoms with Gasteiger partial charge in [0.2, 0.25) is 5.91 Å². The van der Waals surface area contributed by atoms with Gasteiger partial charge in [-0.15, -0.1) is 0 Å². The molecule has 160 valence electrons. The molecule has 1 fully saturated rings. The maximum absolute atomic E-state index is 13.2. The zero-order chi connectivity index (χ0) is 21.8. The van der Waals surface area contributed by atoms with Crippen LogP contribution in [0.1, 0.15) is 38.2 Å². The Balaban J connectivity index is 1.35. The molecule has 0 spiro atoms. The number of halogens is 1. The SMILES string of the molecule is CC(C)c1ccc(NC(=O)C2CCN(c3cc(-c4ccc(F)cc4)ncn3)CC2)cc1. The van der Waals surface area contributed by atoms with Crippen LogP contribution in [0, 0.1) is 11.7 Å². The van der Waals surface area contributed by atoms with Gasteiger partial charge < -0.3 is 10.2 Å². The lowest BCUT2D eigenvalue weighted by molar-refractivity contribution is -0.120. The lowest BCUT2D eigenvalue weighted by Crippen LogP contribution is -2.38. The molecular formula is C25H27FN4O. The first-order valence-electron chi connectivity index (χ1n) is 10.7. The first kappa shape index (κ1) is 21.0. The molecule has 31 heavy (non-hydrogen) atoms. The van der Waals surface area contributed by atoms with Gasteiger partial charge in [0.1, 0.15) is 18.0 Å². The summed E-state index contributed by atoms with van der Waals surface area (Å²) < 4.78 is 13.2. The van der Waals surface area contributed by atoms with E-state index in [1.54, 1.807) is 12.1 Å². The highest BCUT2D eigenvalue weighted by Crippen LogP contribution is 2.26. The third kappa shape index (κ3) is 5.08. The predicted octanol–water partition coefficient (Wildman–Crippen LogP) is 5.26. The molecule has 1 N–H and O–H groups in total. The van der Waals surface area contributed by atoms with Crippen molar-refractivity contribution in [1.82, 2.24) is 9.97 Å². The normalized spacial score (nSPS) is 14.6. The molecule has 5 nitrogen and oxygen atoms in total. The van der Waals surface area contributed by atoms with Crippen LogP contribution in [0.5, 0.6) is 0 Å². The molecule has 1 amide bonds. The molecule has 4 rings (SSSR count). The zero-order valence-electron chi connectivity index (χ0n) is 17.9. The van der Waals surface area contributed by atoms with Crippen molar-refractivity contribution in [2.45, 2.75) is 32.6 Å². The summed E-state index contributed by atoms with van der Waals surface area (Å²) in [5, 5.41) is 3.05. The van der Waals surface area contributed by atoms with Gasteiger partial charge in [-0.05, 0) is 60.7 Å². The van der Waals surface area contributed by atoms with E-state index in [0.29, 0.717) is 5.92 Å².